The molecule has 0 spiro atoms. The van der Waals surface area contributed by atoms with Gasteiger partial charge in [0.25, 0.3) is 0 Å². The lowest BCUT2D eigenvalue weighted by Crippen LogP contribution is -2.14. The highest BCUT2D eigenvalue weighted by Crippen LogP contribution is 2.29. The van der Waals surface area contributed by atoms with Crippen LogP contribution in [0, 0.1) is 0 Å². The maximum Gasteiger partial charge on any atom is 0.208 e. The third-order valence-corrected chi connectivity index (χ3v) is 5.71. The van der Waals surface area contributed by atoms with E-state index in [9.17, 15) is 8.42 Å². The zero-order valence-electron chi connectivity index (χ0n) is 13.3. The van der Waals surface area contributed by atoms with Gasteiger partial charge >= 0.3 is 0 Å². The lowest BCUT2D eigenvalue weighted by molar-refractivity contribution is 0.414. The summed E-state index contributed by atoms with van der Waals surface area (Å²) in [6.45, 7) is 0.927. The van der Waals surface area contributed by atoms with E-state index in [0.29, 0.717) is 9.79 Å². The predicted molar refractivity (Wildman–Crippen MR) is 92.5 cm³/mol. The van der Waals surface area contributed by atoms with Gasteiger partial charge in [-0.25, -0.2) is 8.42 Å². The van der Waals surface area contributed by atoms with E-state index in [1.165, 1.54) is 0 Å². The summed E-state index contributed by atoms with van der Waals surface area (Å²) in [5.74, 6) is 0. The maximum atomic E-state index is 12.9. The summed E-state index contributed by atoms with van der Waals surface area (Å²) in [7, 11) is 0.544. The Morgan fingerprint density at radius 3 is 2.48 bits per heavy atom. The first-order valence-corrected chi connectivity index (χ1v) is 9.02. The molecule has 0 amide bonds. The van der Waals surface area contributed by atoms with Gasteiger partial charge in [-0.1, -0.05) is 24.3 Å². The van der Waals surface area contributed by atoms with Crippen molar-refractivity contribution >= 4 is 20.7 Å². The molecule has 1 N–H and O–H groups in total. The molecule has 5 heteroatoms. The second-order valence-corrected chi connectivity index (χ2v) is 7.82. The van der Waals surface area contributed by atoms with Gasteiger partial charge in [0, 0.05) is 23.6 Å². The maximum absolute atomic E-state index is 12.9. The highest BCUT2D eigenvalue weighted by molar-refractivity contribution is 7.91. The molecule has 1 heterocycles. The first-order valence-electron chi connectivity index (χ1n) is 7.53. The normalized spacial score (nSPS) is 12.1. The number of sulfone groups is 1. The van der Waals surface area contributed by atoms with Gasteiger partial charge in [0.05, 0.1) is 9.79 Å². The smallest absolute Gasteiger partial charge is 0.208 e. The monoisotopic (exact) mass is 328 g/mol. The van der Waals surface area contributed by atoms with Crippen LogP contribution in [0.3, 0.4) is 0 Å². The Morgan fingerprint density at radius 1 is 1.04 bits per heavy atom. The molecule has 4 nitrogen and oxygen atoms in total. The van der Waals surface area contributed by atoms with Crippen molar-refractivity contribution in [3.05, 3.63) is 60.3 Å². The number of fused-ring (bicyclic) bond motifs is 1. The van der Waals surface area contributed by atoms with Crippen molar-refractivity contribution in [1.29, 1.82) is 0 Å². The molecule has 0 fully saturated rings. The zero-order valence-corrected chi connectivity index (χ0v) is 14.1. The summed E-state index contributed by atoms with van der Waals surface area (Å²) in [5.41, 5.74) is 1.98. The second kappa shape index (κ2) is 6.18. The molecule has 1 aromatic heterocycles. The van der Waals surface area contributed by atoms with Crippen LogP contribution < -0.4 is 0 Å². The molecule has 0 aliphatic carbocycles. The fraction of sp³-hybridized carbons (Fsp3) is 0.222. The number of nitrogens with zero attached hydrogens (tertiary/aromatic N) is 1. The van der Waals surface area contributed by atoms with Crippen molar-refractivity contribution in [3.8, 4) is 0 Å². The Bertz CT molecular complexity index is 913. The third-order valence-electron chi connectivity index (χ3n) is 3.90. The molecule has 120 valence electrons. The van der Waals surface area contributed by atoms with Gasteiger partial charge in [-0.3, -0.25) is 0 Å². The molecule has 0 bridgehead atoms. The molecule has 0 atom stereocenters. The average molecular weight is 328 g/mol. The fourth-order valence-electron chi connectivity index (χ4n) is 2.60. The molecule has 0 saturated carbocycles. The van der Waals surface area contributed by atoms with Gasteiger partial charge in [-0.05, 0) is 50.3 Å². The minimum atomic E-state index is -3.51. The predicted octanol–water partition coefficient (Wildman–Crippen LogP) is 3.10. The number of aromatic amines is 1. The minimum absolute atomic E-state index is 0.319. The van der Waals surface area contributed by atoms with Crippen LogP contribution in [0.25, 0.3) is 10.9 Å². The number of hydrogen-bond donors (Lipinski definition) is 1. The van der Waals surface area contributed by atoms with Gasteiger partial charge in [0.15, 0.2) is 0 Å². The highest BCUT2D eigenvalue weighted by atomic mass is 32.2. The number of benzene rings is 2. The summed E-state index contributed by atoms with van der Waals surface area (Å²) in [6, 6.07) is 14.5. The number of H-pyrrole nitrogens is 1. The van der Waals surface area contributed by atoms with Crippen LogP contribution in [0.4, 0.5) is 0 Å². The van der Waals surface area contributed by atoms with Crippen LogP contribution in [0.1, 0.15) is 5.56 Å². The second-order valence-electron chi connectivity index (χ2n) is 5.90. The van der Waals surface area contributed by atoms with Crippen LogP contribution in [-0.2, 0) is 16.3 Å². The number of nitrogens with one attached hydrogen (secondary N) is 1. The summed E-state index contributed by atoms with van der Waals surface area (Å²) in [5, 5.41) is 0.755. The summed E-state index contributed by atoms with van der Waals surface area (Å²) in [4.78, 5) is 5.84. The van der Waals surface area contributed by atoms with E-state index in [2.05, 4.69) is 9.88 Å². The molecule has 0 aliphatic heterocycles. The van der Waals surface area contributed by atoms with Crippen molar-refractivity contribution in [3.63, 3.8) is 0 Å². The van der Waals surface area contributed by atoms with E-state index < -0.39 is 9.84 Å². The van der Waals surface area contributed by atoms with E-state index in [4.69, 9.17) is 0 Å². The van der Waals surface area contributed by atoms with Crippen LogP contribution in [0.15, 0.2) is 64.5 Å². The lowest BCUT2D eigenvalue weighted by atomic mass is 10.1. The first kappa shape index (κ1) is 15.8. The van der Waals surface area contributed by atoms with E-state index >= 15 is 0 Å². The van der Waals surface area contributed by atoms with Crippen molar-refractivity contribution in [2.24, 2.45) is 0 Å². The molecule has 3 aromatic rings. The number of likely N-dealkylation sites (N-methyl/N-ethyl adjacent to an activating group) is 1. The van der Waals surface area contributed by atoms with Crippen LogP contribution in [0.5, 0.6) is 0 Å². The summed E-state index contributed by atoms with van der Waals surface area (Å²) in [6.07, 6.45) is 2.47. The Hall–Kier alpha value is -2.11. The van der Waals surface area contributed by atoms with Gasteiger partial charge < -0.3 is 9.88 Å². The van der Waals surface area contributed by atoms with Gasteiger partial charge in [-0.2, -0.15) is 0 Å². The quantitative estimate of drug-likeness (QED) is 0.783. The van der Waals surface area contributed by atoms with Crippen molar-refractivity contribution in [2.45, 2.75) is 16.2 Å². The number of aromatic nitrogens is 1. The third kappa shape index (κ3) is 3.16. The molecule has 3 rings (SSSR count). The van der Waals surface area contributed by atoms with E-state index in [1.54, 1.807) is 30.5 Å². The largest absolute Gasteiger partial charge is 0.360 e. The van der Waals surface area contributed by atoms with Crippen LogP contribution in [-0.4, -0.2) is 38.9 Å². The molecular formula is C18H20N2O2S. The molecule has 2 aromatic carbocycles. The molecule has 23 heavy (non-hydrogen) atoms. The van der Waals surface area contributed by atoms with Crippen LogP contribution >= 0.6 is 0 Å². The first-order chi connectivity index (χ1) is 11.0. The number of hydrogen-bond acceptors (Lipinski definition) is 3. The van der Waals surface area contributed by atoms with E-state index in [1.807, 2.05) is 38.4 Å². The molecule has 0 unspecified atom stereocenters. The average Bonchev–Trinajstić information content (AvgIpc) is 2.97. The minimum Gasteiger partial charge on any atom is -0.360 e. The van der Waals surface area contributed by atoms with Crippen molar-refractivity contribution in [2.75, 3.05) is 20.6 Å². The van der Waals surface area contributed by atoms with Crippen molar-refractivity contribution in [1.82, 2.24) is 9.88 Å². The molecule has 0 saturated heterocycles. The van der Waals surface area contributed by atoms with Crippen molar-refractivity contribution < 1.29 is 8.42 Å². The van der Waals surface area contributed by atoms with Crippen LogP contribution in [0.2, 0.25) is 0 Å². The fourth-order valence-corrected chi connectivity index (χ4v) is 4.04. The van der Waals surface area contributed by atoms with E-state index in [0.717, 1.165) is 29.4 Å². The highest BCUT2D eigenvalue weighted by Gasteiger charge is 2.21. The van der Waals surface area contributed by atoms with Gasteiger partial charge in [-0.15, -0.1) is 0 Å². The zero-order chi connectivity index (χ0) is 16.4. The Labute approximate surface area is 136 Å². The van der Waals surface area contributed by atoms with Gasteiger partial charge in [0.1, 0.15) is 0 Å². The topological polar surface area (TPSA) is 53.2 Å². The van der Waals surface area contributed by atoms with E-state index in [-0.39, 0.29) is 0 Å². The standard InChI is InChI=1S/C18H20N2O2S/c1-20(2)11-10-14-8-9-17-16(12-14)18(13-19-17)23(21,22)15-6-4-3-5-7-15/h3-9,12-13,19H,10-11H2,1-2H3. The summed E-state index contributed by atoms with van der Waals surface area (Å²) < 4.78 is 25.7. The molecule has 0 radical (unpaired) electrons. The molecule has 0 aliphatic rings. The Balaban J connectivity index is 2.06. The molecular weight excluding hydrogens is 308 g/mol. The lowest BCUT2D eigenvalue weighted by Gasteiger charge is -2.09. The number of rotatable bonds is 5. The Kier molecular flexibility index (Phi) is 4.24. The summed E-state index contributed by atoms with van der Waals surface area (Å²) >= 11 is 0. The van der Waals surface area contributed by atoms with Gasteiger partial charge in [0.2, 0.25) is 9.84 Å². The SMILES string of the molecule is CN(C)CCc1ccc2[nH]cc(S(=O)(=O)c3ccccc3)c2c1. The Morgan fingerprint density at radius 2 is 1.78 bits per heavy atom.